The summed E-state index contributed by atoms with van der Waals surface area (Å²) in [6.07, 6.45) is 10.9. The van der Waals surface area contributed by atoms with Gasteiger partial charge in [0.2, 0.25) is 0 Å². The SMILES string of the molecule is CC1CC(CN)(N(C)C2CCCCCC2)CCO1. The highest BCUT2D eigenvalue weighted by Crippen LogP contribution is 2.34. The second-order valence-electron chi connectivity index (χ2n) is 6.32. The highest BCUT2D eigenvalue weighted by Gasteiger charge is 2.40. The van der Waals surface area contributed by atoms with Crippen molar-refractivity contribution in [1.29, 1.82) is 0 Å². The molecule has 0 radical (unpaired) electrons. The molecular weight excluding hydrogens is 224 g/mol. The molecule has 2 unspecified atom stereocenters. The first-order valence-corrected chi connectivity index (χ1v) is 7.72. The van der Waals surface area contributed by atoms with Crippen LogP contribution in [0.25, 0.3) is 0 Å². The molecule has 0 spiro atoms. The second kappa shape index (κ2) is 6.36. The van der Waals surface area contributed by atoms with Crippen molar-refractivity contribution < 1.29 is 4.74 Å². The summed E-state index contributed by atoms with van der Waals surface area (Å²) in [5, 5.41) is 0. The topological polar surface area (TPSA) is 38.5 Å². The Kier molecular flexibility index (Phi) is 5.05. The molecule has 18 heavy (non-hydrogen) atoms. The molecule has 2 fully saturated rings. The number of nitrogens with two attached hydrogens (primary N) is 1. The van der Waals surface area contributed by atoms with Gasteiger partial charge in [-0.1, -0.05) is 25.7 Å². The average molecular weight is 254 g/mol. The fourth-order valence-corrected chi connectivity index (χ4v) is 3.83. The third kappa shape index (κ3) is 3.06. The molecule has 2 N–H and O–H groups in total. The summed E-state index contributed by atoms with van der Waals surface area (Å²) in [6.45, 7) is 3.83. The van der Waals surface area contributed by atoms with Gasteiger partial charge in [-0.05, 0) is 39.7 Å². The van der Waals surface area contributed by atoms with E-state index >= 15 is 0 Å². The molecule has 3 heteroatoms. The predicted octanol–water partition coefficient (Wildman–Crippen LogP) is 2.54. The van der Waals surface area contributed by atoms with Gasteiger partial charge in [0.15, 0.2) is 0 Å². The Morgan fingerprint density at radius 1 is 1.22 bits per heavy atom. The van der Waals surface area contributed by atoms with Crippen molar-refractivity contribution in [3.8, 4) is 0 Å². The molecule has 2 aliphatic rings. The lowest BCUT2D eigenvalue weighted by Crippen LogP contribution is -2.59. The van der Waals surface area contributed by atoms with Crippen LogP contribution in [0.15, 0.2) is 0 Å². The highest BCUT2D eigenvalue weighted by atomic mass is 16.5. The van der Waals surface area contributed by atoms with Gasteiger partial charge >= 0.3 is 0 Å². The summed E-state index contributed by atoms with van der Waals surface area (Å²) in [4.78, 5) is 2.62. The fraction of sp³-hybridized carbons (Fsp3) is 1.00. The molecule has 1 saturated carbocycles. The molecule has 0 aromatic heterocycles. The molecular formula is C15H30N2O. The first-order valence-electron chi connectivity index (χ1n) is 7.72. The van der Waals surface area contributed by atoms with Gasteiger partial charge in [0.25, 0.3) is 0 Å². The van der Waals surface area contributed by atoms with E-state index in [1.165, 1.54) is 38.5 Å². The second-order valence-corrected chi connectivity index (χ2v) is 6.32. The zero-order valence-corrected chi connectivity index (χ0v) is 12.2. The number of nitrogens with zero attached hydrogens (tertiary/aromatic N) is 1. The van der Waals surface area contributed by atoms with E-state index in [1.54, 1.807) is 0 Å². The minimum atomic E-state index is 0.187. The van der Waals surface area contributed by atoms with E-state index in [0.29, 0.717) is 6.10 Å². The van der Waals surface area contributed by atoms with Crippen LogP contribution in [0, 0.1) is 0 Å². The zero-order valence-electron chi connectivity index (χ0n) is 12.2. The van der Waals surface area contributed by atoms with E-state index in [4.69, 9.17) is 10.5 Å². The largest absolute Gasteiger partial charge is 0.378 e. The smallest absolute Gasteiger partial charge is 0.0565 e. The minimum Gasteiger partial charge on any atom is -0.378 e. The van der Waals surface area contributed by atoms with Gasteiger partial charge in [-0.2, -0.15) is 0 Å². The molecule has 1 heterocycles. The summed E-state index contributed by atoms with van der Waals surface area (Å²) in [7, 11) is 2.31. The van der Waals surface area contributed by atoms with E-state index in [2.05, 4.69) is 18.9 Å². The maximum Gasteiger partial charge on any atom is 0.0565 e. The Balaban J connectivity index is 2.05. The summed E-state index contributed by atoms with van der Waals surface area (Å²) in [5.41, 5.74) is 6.34. The van der Waals surface area contributed by atoms with E-state index in [9.17, 15) is 0 Å². The number of hydrogen-bond donors (Lipinski definition) is 1. The molecule has 0 aromatic carbocycles. The maximum atomic E-state index is 6.15. The summed E-state index contributed by atoms with van der Waals surface area (Å²) < 4.78 is 5.71. The van der Waals surface area contributed by atoms with E-state index < -0.39 is 0 Å². The van der Waals surface area contributed by atoms with Crippen LogP contribution in [0.1, 0.15) is 58.3 Å². The molecule has 106 valence electrons. The molecule has 0 amide bonds. The summed E-state index contributed by atoms with van der Waals surface area (Å²) in [5.74, 6) is 0. The van der Waals surface area contributed by atoms with Crippen molar-refractivity contribution in [2.45, 2.75) is 76.0 Å². The molecule has 0 aromatic rings. The van der Waals surface area contributed by atoms with Gasteiger partial charge in [0, 0.05) is 24.7 Å². The van der Waals surface area contributed by atoms with Gasteiger partial charge in [-0.15, -0.1) is 0 Å². The van der Waals surface area contributed by atoms with Crippen molar-refractivity contribution in [3.63, 3.8) is 0 Å². The number of hydrogen-bond acceptors (Lipinski definition) is 3. The van der Waals surface area contributed by atoms with Crippen LogP contribution in [0.4, 0.5) is 0 Å². The van der Waals surface area contributed by atoms with Crippen molar-refractivity contribution in [2.75, 3.05) is 20.2 Å². The fourth-order valence-electron chi connectivity index (χ4n) is 3.83. The van der Waals surface area contributed by atoms with Crippen molar-refractivity contribution in [2.24, 2.45) is 5.73 Å². The lowest BCUT2D eigenvalue weighted by atomic mass is 9.83. The van der Waals surface area contributed by atoms with Crippen LogP contribution in [-0.2, 0) is 4.74 Å². The van der Waals surface area contributed by atoms with Gasteiger partial charge in [0.05, 0.1) is 6.10 Å². The Morgan fingerprint density at radius 2 is 1.89 bits per heavy atom. The molecule has 1 saturated heterocycles. The first-order chi connectivity index (χ1) is 8.68. The van der Waals surface area contributed by atoms with Gasteiger partial charge < -0.3 is 10.5 Å². The first kappa shape index (κ1) is 14.3. The number of likely N-dealkylation sites (N-methyl/N-ethyl adjacent to an activating group) is 1. The molecule has 2 atom stereocenters. The summed E-state index contributed by atoms with van der Waals surface area (Å²) in [6, 6.07) is 0.737. The van der Waals surface area contributed by atoms with Crippen molar-refractivity contribution in [1.82, 2.24) is 4.90 Å². The standard InChI is InChI=1S/C15H30N2O/c1-13-11-15(12-16,9-10-18-13)17(2)14-7-5-3-4-6-8-14/h13-14H,3-12,16H2,1-2H3. The maximum absolute atomic E-state index is 6.15. The van der Waals surface area contributed by atoms with Gasteiger partial charge in [0.1, 0.15) is 0 Å². The molecule has 3 nitrogen and oxygen atoms in total. The minimum absolute atomic E-state index is 0.187. The Bertz CT molecular complexity index is 251. The monoisotopic (exact) mass is 254 g/mol. The quantitative estimate of drug-likeness (QED) is 0.787. The third-order valence-electron chi connectivity index (χ3n) is 5.14. The van der Waals surface area contributed by atoms with Gasteiger partial charge in [-0.3, -0.25) is 4.90 Å². The van der Waals surface area contributed by atoms with Crippen LogP contribution in [-0.4, -0.2) is 42.8 Å². The van der Waals surface area contributed by atoms with Crippen LogP contribution < -0.4 is 5.73 Å². The molecule has 2 rings (SSSR count). The lowest BCUT2D eigenvalue weighted by Gasteiger charge is -2.49. The highest BCUT2D eigenvalue weighted by molar-refractivity contribution is 4.97. The lowest BCUT2D eigenvalue weighted by molar-refractivity contribution is -0.0696. The Morgan fingerprint density at radius 3 is 2.44 bits per heavy atom. The van der Waals surface area contributed by atoms with E-state index in [0.717, 1.165) is 32.0 Å². The normalized spacial score (nSPS) is 35.7. The Hall–Kier alpha value is -0.120. The van der Waals surface area contributed by atoms with Crippen molar-refractivity contribution >= 4 is 0 Å². The van der Waals surface area contributed by atoms with Crippen LogP contribution >= 0.6 is 0 Å². The summed E-state index contributed by atoms with van der Waals surface area (Å²) >= 11 is 0. The van der Waals surface area contributed by atoms with Gasteiger partial charge in [-0.25, -0.2) is 0 Å². The van der Waals surface area contributed by atoms with E-state index in [1.807, 2.05) is 0 Å². The average Bonchev–Trinajstić information content (AvgIpc) is 2.66. The number of rotatable bonds is 3. The molecule has 0 bridgehead atoms. The van der Waals surface area contributed by atoms with E-state index in [-0.39, 0.29) is 5.54 Å². The van der Waals surface area contributed by atoms with Crippen LogP contribution in [0.3, 0.4) is 0 Å². The third-order valence-corrected chi connectivity index (χ3v) is 5.14. The molecule has 1 aliphatic heterocycles. The number of ether oxygens (including phenoxy) is 1. The van der Waals surface area contributed by atoms with Crippen LogP contribution in [0.5, 0.6) is 0 Å². The van der Waals surface area contributed by atoms with Crippen LogP contribution in [0.2, 0.25) is 0 Å². The molecule has 1 aliphatic carbocycles. The zero-order chi connectivity index (χ0) is 13.0. The van der Waals surface area contributed by atoms with Crippen molar-refractivity contribution in [3.05, 3.63) is 0 Å². The predicted molar refractivity (Wildman–Crippen MR) is 75.7 cm³/mol. The Labute approximate surface area is 112 Å².